The number of ketones is 1. The minimum Gasteiger partial charge on any atom is -0.497 e. The van der Waals surface area contributed by atoms with Gasteiger partial charge in [-0.25, -0.2) is 0 Å². The molecule has 0 aliphatic carbocycles. The van der Waals surface area contributed by atoms with E-state index in [9.17, 15) is 4.79 Å². The van der Waals surface area contributed by atoms with E-state index in [-0.39, 0.29) is 5.78 Å². The molecule has 2 aromatic carbocycles. The summed E-state index contributed by atoms with van der Waals surface area (Å²) in [5.74, 6) is 3.49. The molecule has 0 aliphatic rings. The first-order valence-electron chi connectivity index (χ1n) is 7.61. The molecule has 0 fully saturated rings. The van der Waals surface area contributed by atoms with Crippen molar-refractivity contribution in [3.63, 3.8) is 0 Å². The van der Waals surface area contributed by atoms with Gasteiger partial charge in [-0.2, -0.15) is 11.8 Å². The zero-order valence-electron chi connectivity index (χ0n) is 13.8. The summed E-state index contributed by atoms with van der Waals surface area (Å²) in [6, 6.07) is 13.7. The zero-order valence-corrected chi connectivity index (χ0v) is 14.6. The first-order chi connectivity index (χ1) is 11.1. The Morgan fingerprint density at radius 1 is 1.13 bits per heavy atom. The molecule has 4 heteroatoms. The van der Waals surface area contributed by atoms with Crippen molar-refractivity contribution in [3.05, 3.63) is 59.2 Å². The summed E-state index contributed by atoms with van der Waals surface area (Å²) in [4.78, 5) is 11.6. The monoisotopic (exact) mass is 330 g/mol. The quantitative estimate of drug-likeness (QED) is 0.656. The van der Waals surface area contributed by atoms with Crippen LogP contribution in [-0.2, 0) is 11.5 Å². The third-order valence-electron chi connectivity index (χ3n) is 3.43. The molecule has 0 unspecified atom stereocenters. The van der Waals surface area contributed by atoms with Gasteiger partial charge in [0.15, 0.2) is 5.78 Å². The van der Waals surface area contributed by atoms with Gasteiger partial charge in [0.25, 0.3) is 0 Å². The van der Waals surface area contributed by atoms with E-state index >= 15 is 0 Å². The lowest BCUT2D eigenvalue weighted by molar-refractivity contribution is 0.101. The predicted octanol–water partition coefficient (Wildman–Crippen LogP) is 4.73. The number of carbonyl (C=O) groups excluding carboxylic acids is 1. The molecule has 0 bridgehead atoms. The highest BCUT2D eigenvalue weighted by Crippen LogP contribution is 2.27. The van der Waals surface area contributed by atoms with Gasteiger partial charge < -0.3 is 9.47 Å². The molecule has 0 radical (unpaired) electrons. The average molecular weight is 330 g/mol. The van der Waals surface area contributed by atoms with Gasteiger partial charge in [-0.1, -0.05) is 12.1 Å². The fraction of sp³-hybridized carbons (Fsp3) is 0.316. The minimum atomic E-state index is 0.0760. The molecule has 122 valence electrons. The van der Waals surface area contributed by atoms with Crippen molar-refractivity contribution in [2.45, 2.75) is 25.4 Å². The number of benzene rings is 2. The number of ether oxygens (including phenoxy) is 2. The second-order valence-corrected chi connectivity index (χ2v) is 6.14. The van der Waals surface area contributed by atoms with E-state index in [4.69, 9.17) is 9.47 Å². The van der Waals surface area contributed by atoms with E-state index in [0.717, 1.165) is 34.1 Å². The summed E-state index contributed by atoms with van der Waals surface area (Å²) in [7, 11) is 1.67. The van der Waals surface area contributed by atoms with E-state index in [2.05, 4.69) is 6.07 Å². The Balaban J connectivity index is 2.05. The van der Waals surface area contributed by atoms with Gasteiger partial charge in [-0.15, -0.1) is 0 Å². The molecule has 23 heavy (non-hydrogen) atoms. The van der Waals surface area contributed by atoms with Crippen LogP contribution in [0.25, 0.3) is 0 Å². The van der Waals surface area contributed by atoms with Crippen LogP contribution in [-0.4, -0.2) is 19.5 Å². The summed E-state index contributed by atoms with van der Waals surface area (Å²) in [6.07, 6.45) is 0. The maximum atomic E-state index is 11.6. The van der Waals surface area contributed by atoms with Crippen molar-refractivity contribution in [1.29, 1.82) is 0 Å². The number of carbonyl (C=O) groups is 1. The van der Waals surface area contributed by atoms with Crippen LogP contribution in [0.3, 0.4) is 0 Å². The number of thioether (sulfide) groups is 1. The summed E-state index contributed by atoms with van der Waals surface area (Å²) in [6.45, 7) is 4.17. The minimum absolute atomic E-state index is 0.0760. The molecule has 2 rings (SSSR count). The Morgan fingerprint density at radius 3 is 2.65 bits per heavy atom. The largest absolute Gasteiger partial charge is 0.497 e. The maximum absolute atomic E-state index is 11.6. The molecular weight excluding hydrogens is 308 g/mol. The Morgan fingerprint density at radius 2 is 1.96 bits per heavy atom. The van der Waals surface area contributed by atoms with Gasteiger partial charge in [-0.3, -0.25) is 4.79 Å². The van der Waals surface area contributed by atoms with E-state index in [1.165, 1.54) is 5.56 Å². The summed E-state index contributed by atoms with van der Waals surface area (Å²) in [5.41, 5.74) is 3.01. The van der Waals surface area contributed by atoms with Crippen LogP contribution in [0.5, 0.6) is 11.5 Å². The molecule has 0 saturated carbocycles. The lowest BCUT2D eigenvalue weighted by Crippen LogP contribution is -1.99. The molecular formula is C19H22O3S. The van der Waals surface area contributed by atoms with E-state index < -0.39 is 0 Å². The third-order valence-corrected chi connectivity index (χ3v) is 4.48. The van der Waals surface area contributed by atoms with Crippen molar-refractivity contribution in [2.75, 3.05) is 13.7 Å². The first kappa shape index (κ1) is 17.4. The maximum Gasteiger partial charge on any atom is 0.159 e. The van der Waals surface area contributed by atoms with E-state index in [1.807, 2.05) is 43.3 Å². The fourth-order valence-electron chi connectivity index (χ4n) is 2.25. The van der Waals surface area contributed by atoms with Gasteiger partial charge in [0.05, 0.1) is 13.7 Å². The summed E-state index contributed by atoms with van der Waals surface area (Å²) < 4.78 is 10.9. The van der Waals surface area contributed by atoms with Crippen LogP contribution < -0.4 is 9.47 Å². The van der Waals surface area contributed by atoms with E-state index in [0.29, 0.717) is 6.61 Å². The molecule has 2 aromatic rings. The number of rotatable bonds is 8. The first-order valence-corrected chi connectivity index (χ1v) is 8.76. The topological polar surface area (TPSA) is 35.5 Å². The Bertz CT molecular complexity index is 667. The molecule has 0 saturated heterocycles. The molecule has 0 heterocycles. The molecule has 0 N–H and O–H groups in total. The summed E-state index contributed by atoms with van der Waals surface area (Å²) >= 11 is 1.79. The second kappa shape index (κ2) is 8.63. The third kappa shape index (κ3) is 5.03. The Labute approximate surface area is 142 Å². The lowest BCUT2D eigenvalue weighted by Gasteiger charge is -2.11. The van der Waals surface area contributed by atoms with Crippen molar-refractivity contribution in [2.24, 2.45) is 0 Å². The number of methoxy groups -OCH3 is 1. The van der Waals surface area contributed by atoms with Crippen molar-refractivity contribution >= 4 is 17.5 Å². The van der Waals surface area contributed by atoms with Crippen molar-refractivity contribution in [1.82, 2.24) is 0 Å². The van der Waals surface area contributed by atoms with Gasteiger partial charge >= 0.3 is 0 Å². The molecule has 0 spiro atoms. The lowest BCUT2D eigenvalue weighted by atomic mass is 10.1. The average Bonchev–Trinajstić information content (AvgIpc) is 2.56. The highest BCUT2D eigenvalue weighted by Gasteiger charge is 2.08. The number of Topliss-reactive ketones (excluding diaryl/α,β-unsaturated/α-hetero) is 1. The molecule has 3 nitrogen and oxygen atoms in total. The van der Waals surface area contributed by atoms with Crippen LogP contribution in [0.1, 0.15) is 35.3 Å². The van der Waals surface area contributed by atoms with Gasteiger partial charge in [0, 0.05) is 22.6 Å². The summed E-state index contributed by atoms with van der Waals surface area (Å²) in [5, 5.41) is 0. The van der Waals surface area contributed by atoms with Crippen LogP contribution >= 0.6 is 11.8 Å². The Kier molecular flexibility index (Phi) is 6.53. The molecule has 0 amide bonds. The molecule has 0 aromatic heterocycles. The highest BCUT2D eigenvalue weighted by molar-refractivity contribution is 7.97. The van der Waals surface area contributed by atoms with Gasteiger partial charge in [-0.05, 0) is 49.7 Å². The predicted molar refractivity (Wildman–Crippen MR) is 95.6 cm³/mol. The Hall–Kier alpha value is -1.94. The zero-order chi connectivity index (χ0) is 16.7. The standard InChI is InChI=1S/C19H22O3S/c1-4-22-19-9-8-16(14(2)20)11-17(19)13-23-12-15-6-5-7-18(10-15)21-3/h5-11H,4,12-13H2,1-3H3. The smallest absolute Gasteiger partial charge is 0.159 e. The molecule has 0 aliphatic heterocycles. The van der Waals surface area contributed by atoms with Crippen molar-refractivity contribution in [3.8, 4) is 11.5 Å². The SMILES string of the molecule is CCOc1ccc(C(C)=O)cc1CSCc1cccc(OC)c1. The highest BCUT2D eigenvalue weighted by atomic mass is 32.2. The van der Waals surface area contributed by atoms with Gasteiger partial charge in [0.1, 0.15) is 11.5 Å². The van der Waals surface area contributed by atoms with E-state index in [1.54, 1.807) is 25.8 Å². The van der Waals surface area contributed by atoms with Crippen molar-refractivity contribution < 1.29 is 14.3 Å². The number of hydrogen-bond acceptors (Lipinski definition) is 4. The van der Waals surface area contributed by atoms with Gasteiger partial charge in [0.2, 0.25) is 0 Å². The normalized spacial score (nSPS) is 10.4. The van der Waals surface area contributed by atoms with Crippen LogP contribution in [0.2, 0.25) is 0 Å². The van der Waals surface area contributed by atoms with Crippen LogP contribution in [0.4, 0.5) is 0 Å². The number of hydrogen-bond donors (Lipinski definition) is 0. The second-order valence-electron chi connectivity index (χ2n) is 5.16. The van der Waals surface area contributed by atoms with Crippen LogP contribution in [0.15, 0.2) is 42.5 Å². The fourth-order valence-corrected chi connectivity index (χ4v) is 3.21. The molecule has 0 atom stereocenters. The van der Waals surface area contributed by atoms with Crippen LogP contribution in [0, 0.1) is 0 Å².